The van der Waals surface area contributed by atoms with Gasteiger partial charge in [-0.1, -0.05) is 6.42 Å². The van der Waals surface area contributed by atoms with Crippen molar-refractivity contribution in [2.45, 2.75) is 31.7 Å². The SMILES string of the molecule is O=[N+]([O-])C1=CN([C@H]2CC3CCC2C3)C2=CCSC2=C1. The number of hydrogen-bond donors (Lipinski definition) is 0. The molecule has 4 aliphatic rings. The van der Waals surface area contributed by atoms with Crippen LogP contribution in [0.25, 0.3) is 0 Å². The lowest BCUT2D eigenvalue weighted by molar-refractivity contribution is -0.420. The first-order valence-corrected chi connectivity index (χ1v) is 7.90. The Bertz CT molecular complexity index is 538. The van der Waals surface area contributed by atoms with Gasteiger partial charge in [0.1, 0.15) is 0 Å². The quantitative estimate of drug-likeness (QED) is 0.574. The largest absolute Gasteiger partial charge is 0.338 e. The molecule has 0 amide bonds. The molecule has 0 aromatic heterocycles. The third kappa shape index (κ3) is 1.75. The number of nitro groups is 1. The van der Waals surface area contributed by atoms with Gasteiger partial charge in [-0.3, -0.25) is 10.1 Å². The Morgan fingerprint density at radius 3 is 2.95 bits per heavy atom. The fourth-order valence-electron chi connectivity index (χ4n) is 4.04. The lowest BCUT2D eigenvalue weighted by Gasteiger charge is -2.35. The molecule has 3 atom stereocenters. The Kier molecular flexibility index (Phi) is 2.52. The number of nitrogens with zero attached hydrogens (tertiary/aromatic N) is 2. The maximum absolute atomic E-state index is 11.1. The van der Waals surface area contributed by atoms with Gasteiger partial charge in [-0.15, -0.1) is 11.8 Å². The summed E-state index contributed by atoms with van der Waals surface area (Å²) < 4.78 is 0. The minimum atomic E-state index is -0.261. The molecule has 2 saturated carbocycles. The highest BCUT2D eigenvalue weighted by Crippen LogP contribution is 2.50. The van der Waals surface area contributed by atoms with Crippen molar-refractivity contribution in [3.63, 3.8) is 0 Å². The molecule has 2 aliphatic carbocycles. The van der Waals surface area contributed by atoms with Crippen LogP contribution in [0.1, 0.15) is 25.7 Å². The minimum absolute atomic E-state index is 0.240. The molecule has 100 valence electrons. The molecule has 2 aliphatic heterocycles. The highest BCUT2D eigenvalue weighted by molar-refractivity contribution is 8.03. The van der Waals surface area contributed by atoms with Crippen molar-refractivity contribution in [2.75, 3.05) is 5.75 Å². The normalized spacial score (nSPS) is 35.9. The maximum atomic E-state index is 11.1. The Morgan fingerprint density at radius 1 is 1.37 bits per heavy atom. The summed E-state index contributed by atoms with van der Waals surface area (Å²) in [5.74, 6) is 2.53. The van der Waals surface area contributed by atoms with Gasteiger partial charge in [-0.2, -0.15) is 0 Å². The molecule has 4 nitrogen and oxygen atoms in total. The molecule has 0 N–H and O–H groups in total. The second kappa shape index (κ2) is 4.13. The summed E-state index contributed by atoms with van der Waals surface area (Å²) in [7, 11) is 0. The van der Waals surface area contributed by atoms with Crippen LogP contribution in [-0.4, -0.2) is 21.6 Å². The zero-order valence-corrected chi connectivity index (χ0v) is 11.4. The summed E-state index contributed by atoms with van der Waals surface area (Å²) in [5, 5.41) is 11.1. The molecular formula is C14H16N2O2S. The van der Waals surface area contributed by atoms with Gasteiger partial charge in [-0.25, -0.2) is 0 Å². The zero-order chi connectivity index (χ0) is 13.0. The van der Waals surface area contributed by atoms with E-state index in [4.69, 9.17) is 0 Å². The molecule has 2 bridgehead atoms. The molecule has 2 unspecified atom stereocenters. The van der Waals surface area contributed by atoms with Gasteiger partial charge in [-0.05, 0) is 37.2 Å². The lowest BCUT2D eigenvalue weighted by atomic mass is 9.93. The van der Waals surface area contributed by atoms with Gasteiger partial charge < -0.3 is 4.90 Å². The van der Waals surface area contributed by atoms with Crippen LogP contribution in [-0.2, 0) is 0 Å². The Labute approximate surface area is 116 Å². The predicted octanol–water partition coefficient (Wildman–Crippen LogP) is 3.12. The van der Waals surface area contributed by atoms with E-state index in [-0.39, 0.29) is 10.6 Å². The molecular weight excluding hydrogens is 260 g/mol. The summed E-state index contributed by atoms with van der Waals surface area (Å²) in [4.78, 5) is 14.1. The van der Waals surface area contributed by atoms with E-state index in [0.717, 1.165) is 22.5 Å². The predicted molar refractivity (Wildman–Crippen MR) is 74.8 cm³/mol. The lowest BCUT2D eigenvalue weighted by Crippen LogP contribution is -2.36. The molecule has 0 aromatic rings. The molecule has 0 saturated heterocycles. The average Bonchev–Trinajstić information content (AvgIpc) is 3.12. The van der Waals surface area contributed by atoms with Crippen molar-refractivity contribution in [3.8, 4) is 0 Å². The van der Waals surface area contributed by atoms with Gasteiger partial charge in [0.05, 0.1) is 16.8 Å². The number of allylic oxidation sites excluding steroid dienone is 1. The highest BCUT2D eigenvalue weighted by atomic mass is 32.2. The van der Waals surface area contributed by atoms with Gasteiger partial charge >= 0.3 is 0 Å². The Balaban J connectivity index is 1.70. The molecule has 0 aromatic carbocycles. The van der Waals surface area contributed by atoms with Crippen LogP contribution in [0.15, 0.2) is 34.7 Å². The van der Waals surface area contributed by atoms with E-state index in [9.17, 15) is 10.1 Å². The molecule has 2 heterocycles. The van der Waals surface area contributed by atoms with Crippen molar-refractivity contribution >= 4 is 11.8 Å². The molecule has 19 heavy (non-hydrogen) atoms. The summed E-state index contributed by atoms with van der Waals surface area (Å²) in [6, 6.07) is 0.488. The van der Waals surface area contributed by atoms with E-state index in [0.29, 0.717) is 6.04 Å². The first-order valence-electron chi connectivity index (χ1n) is 6.92. The monoisotopic (exact) mass is 276 g/mol. The van der Waals surface area contributed by atoms with Gasteiger partial charge in [0.25, 0.3) is 5.70 Å². The van der Waals surface area contributed by atoms with Gasteiger partial charge in [0.15, 0.2) is 0 Å². The fraction of sp³-hybridized carbons (Fsp3) is 0.571. The smallest absolute Gasteiger partial charge is 0.286 e. The molecule has 2 fully saturated rings. The van der Waals surface area contributed by atoms with Gasteiger partial charge in [0, 0.05) is 22.8 Å². The summed E-state index contributed by atoms with van der Waals surface area (Å²) >= 11 is 1.71. The van der Waals surface area contributed by atoms with E-state index >= 15 is 0 Å². The topological polar surface area (TPSA) is 46.4 Å². The van der Waals surface area contributed by atoms with Crippen molar-refractivity contribution in [2.24, 2.45) is 11.8 Å². The van der Waals surface area contributed by atoms with E-state index in [1.807, 2.05) is 0 Å². The fourth-order valence-corrected chi connectivity index (χ4v) is 5.00. The highest BCUT2D eigenvalue weighted by Gasteiger charge is 2.44. The third-order valence-electron chi connectivity index (χ3n) is 4.87. The standard InChI is InChI=1S/C14H16N2O2S/c17-16(18)11-7-14-12(3-4-19-14)15(8-11)13-6-9-1-2-10(13)5-9/h3,7-10,13H,1-2,4-6H2/t9?,10?,13-/m0/s1. The Hall–Kier alpha value is -1.23. The number of fused-ring (bicyclic) bond motifs is 3. The van der Waals surface area contributed by atoms with Crippen LogP contribution in [0.5, 0.6) is 0 Å². The van der Waals surface area contributed by atoms with Crippen molar-refractivity contribution in [3.05, 3.63) is 44.8 Å². The van der Waals surface area contributed by atoms with Crippen LogP contribution in [0, 0.1) is 22.0 Å². The molecule has 5 heteroatoms. The second-order valence-electron chi connectivity index (χ2n) is 5.87. The molecule has 0 spiro atoms. The van der Waals surface area contributed by atoms with E-state index in [1.54, 1.807) is 24.0 Å². The Morgan fingerprint density at radius 2 is 2.26 bits per heavy atom. The summed E-state index contributed by atoms with van der Waals surface area (Å²) in [5.41, 5.74) is 1.46. The number of hydrogen-bond acceptors (Lipinski definition) is 4. The molecule has 4 rings (SSSR count). The van der Waals surface area contributed by atoms with Crippen molar-refractivity contribution in [1.29, 1.82) is 0 Å². The average molecular weight is 276 g/mol. The van der Waals surface area contributed by atoms with E-state index in [1.165, 1.54) is 31.4 Å². The van der Waals surface area contributed by atoms with Crippen LogP contribution < -0.4 is 0 Å². The zero-order valence-electron chi connectivity index (χ0n) is 10.6. The number of thioether (sulfide) groups is 1. The molecule has 0 radical (unpaired) electrons. The van der Waals surface area contributed by atoms with Crippen molar-refractivity contribution in [1.82, 2.24) is 4.90 Å². The van der Waals surface area contributed by atoms with E-state index < -0.39 is 0 Å². The first-order chi connectivity index (χ1) is 9.22. The van der Waals surface area contributed by atoms with Crippen molar-refractivity contribution < 1.29 is 4.92 Å². The second-order valence-corrected chi connectivity index (χ2v) is 6.93. The van der Waals surface area contributed by atoms with Crippen LogP contribution in [0.2, 0.25) is 0 Å². The third-order valence-corrected chi connectivity index (χ3v) is 5.84. The van der Waals surface area contributed by atoms with Crippen LogP contribution in [0.3, 0.4) is 0 Å². The number of rotatable bonds is 2. The maximum Gasteiger partial charge on any atom is 0.286 e. The summed E-state index contributed by atoms with van der Waals surface area (Å²) in [6.07, 6.45) is 10.9. The summed E-state index contributed by atoms with van der Waals surface area (Å²) in [6.45, 7) is 0. The van der Waals surface area contributed by atoms with E-state index in [2.05, 4.69) is 11.0 Å². The van der Waals surface area contributed by atoms with Crippen LogP contribution >= 0.6 is 11.8 Å². The van der Waals surface area contributed by atoms with Gasteiger partial charge in [0.2, 0.25) is 0 Å². The minimum Gasteiger partial charge on any atom is -0.338 e. The van der Waals surface area contributed by atoms with Crippen LogP contribution in [0.4, 0.5) is 0 Å². The first kappa shape index (κ1) is 11.6.